The van der Waals surface area contributed by atoms with Crippen molar-refractivity contribution in [3.63, 3.8) is 0 Å². The fourth-order valence-corrected chi connectivity index (χ4v) is 5.44. The summed E-state index contributed by atoms with van der Waals surface area (Å²) in [5, 5.41) is 0. The highest BCUT2D eigenvalue weighted by atomic mass is 32.2. The molecule has 0 radical (unpaired) electrons. The van der Waals surface area contributed by atoms with Crippen LogP contribution in [0.1, 0.15) is 12.8 Å². The van der Waals surface area contributed by atoms with Crippen molar-refractivity contribution in [2.45, 2.75) is 18.9 Å². The van der Waals surface area contributed by atoms with Crippen LogP contribution in [0.15, 0.2) is 30.3 Å². The molecule has 0 spiro atoms. The molecular weight excluding hydrogens is 352 g/mol. The van der Waals surface area contributed by atoms with E-state index in [1.165, 1.54) is 9.21 Å². The molecule has 7 nitrogen and oxygen atoms in total. The summed E-state index contributed by atoms with van der Waals surface area (Å²) in [5.74, 6) is -0.194. The fraction of sp³-hybridized carbons (Fsp3) is 0.533. The molecule has 1 heterocycles. The zero-order chi connectivity index (χ0) is 18.0. The fourth-order valence-electron chi connectivity index (χ4n) is 2.74. The highest BCUT2D eigenvalue weighted by molar-refractivity contribution is 7.92. The molecule has 1 saturated heterocycles. The Bertz CT molecular complexity index is 790. The van der Waals surface area contributed by atoms with E-state index in [4.69, 9.17) is 0 Å². The van der Waals surface area contributed by atoms with Gasteiger partial charge in [-0.15, -0.1) is 0 Å². The van der Waals surface area contributed by atoms with Crippen molar-refractivity contribution < 1.29 is 21.6 Å². The summed E-state index contributed by atoms with van der Waals surface area (Å²) in [7, 11) is -5.01. The van der Waals surface area contributed by atoms with Gasteiger partial charge in [-0.05, 0) is 18.6 Å². The van der Waals surface area contributed by atoms with E-state index in [1.54, 1.807) is 37.4 Å². The number of carbonyl (C=O) groups excluding carboxylic acids is 1. The first-order chi connectivity index (χ1) is 11.1. The van der Waals surface area contributed by atoms with Crippen LogP contribution in [0.2, 0.25) is 0 Å². The van der Waals surface area contributed by atoms with Crippen LogP contribution in [-0.2, 0) is 24.7 Å². The van der Waals surface area contributed by atoms with Crippen molar-refractivity contribution in [3.8, 4) is 0 Å². The summed E-state index contributed by atoms with van der Waals surface area (Å²) in [5.41, 5.74) is 0.499. The first kappa shape index (κ1) is 18.7. The van der Waals surface area contributed by atoms with E-state index in [1.807, 2.05) is 0 Å². The molecule has 0 aromatic heterocycles. The van der Waals surface area contributed by atoms with Gasteiger partial charge in [0.05, 0.1) is 23.4 Å². The van der Waals surface area contributed by atoms with Gasteiger partial charge < -0.3 is 4.90 Å². The molecule has 1 amide bonds. The second-order valence-electron chi connectivity index (χ2n) is 5.98. The minimum absolute atomic E-state index is 0.00495. The minimum Gasteiger partial charge on any atom is -0.342 e. The second kappa shape index (κ2) is 7.10. The number of para-hydroxylation sites is 1. The Kier molecular flexibility index (Phi) is 5.54. The third kappa shape index (κ3) is 4.70. The monoisotopic (exact) mass is 374 g/mol. The standard InChI is InChI=1S/C15H22N2O5S2/c1-16(14-9-11-24(21,22)12-14)15(18)8-10-17(23(2,19)20)13-6-4-3-5-7-13/h3-7,14H,8-12H2,1-2H3. The quantitative estimate of drug-likeness (QED) is 0.723. The third-order valence-electron chi connectivity index (χ3n) is 4.12. The predicted molar refractivity (Wildman–Crippen MR) is 93.1 cm³/mol. The summed E-state index contributed by atoms with van der Waals surface area (Å²) in [4.78, 5) is 13.7. The van der Waals surface area contributed by atoms with Crippen molar-refractivity contribution >= 4 is 31.5 Å². The van der Waals surface area contributed by atoms with Crippen LogP contribution in [-0.4, -0.2) is 65.0 Å². The second-order valence-corrected chi connectivity index (χ2v) is 10.1. The number of hydrogen-bond acceptors (Lipinski definition) is 5. The summed E-state index contributed by atoms with van der Waals surface area (Å²) in [6.07, 6.45) is 1.52. The van der Waals surface area contributed by atoms with E-state index in [2.05, 4.69) is 0 Å². The maximum absolute atomic E-state index is 12.3. The lowest BCUT2D eigenvalue weighted by molar-refractivity contribution is -0.131. The van der Waals surface area contributed by atoms with E-state index in [-0.39, 0.29) is 36.4 Å². The minimum atomic E-state index is -3.51. The number of rotatable bonds is 6. The summed E-state index contributed by atoms with van der Waals surface area (Å²) < 4.78 is 48.2. The molecule has 0 saturated carbocycles. The number of hydrogen-bond donors (Lipinski definition) is 0. The summed E-state index contributed by atoms with van der Waals surface area (Å²) >= 11 is 0. The molecule has 1 unspecified atom stereocenters. The number of sulfone groups is 1. The molecule has 24 heavy (non-hydrogen) atoms. The van der Waals surface area contributed by atoms with E-state index in [0.717, 1.165) is 6.26 Å². The highest BCUT2D eigenvalue weighted by Crippen LogP contribution is 2.19. The van der Waals surface area contributed by atoms with Gasteiger partial charge in [-0.3, -0.25) is 9.10 Å². The molecule has 1 aliphatic heterocycles. The van der Waals surface area contributed by atoms with Gasteiger partial charge in [0.25, 0.3) is 0 Å². The van der Waals surface area contributed by atoms with Crippen LogP contribution in [0.5, 0.6) is 0 Å². The normalized spacial score (nSPS) is 19.8. The first-order valence-electron chi connectivity index (χ1n) is 7.59. The molecule has 1 aromatic carbocycles. The van der Waals surface area contributed by atoms with Gasteiger partial charge in [0.1, 0.15) is 0 Å². The number of amides is 1. The van der Waals surface area contributed by atoms with Crippen LogP contribution < -0.4 is 4.31 Å². The summed E-state index contributed by atoms with van der Waals surface area (Å²) in [6.45, 7) is 0.0193. The molecule has 2 rings (SSSR count). The lowest BCUT2D eigenvalue weighted by Gasteiger charge is -2.26. The Morgan fingerprint density at radius 3 is 2.38 bits per heavy atom. The molecule has 9 heteroatoms. The maximum atomic E-state index is 12.3. The predicted octanol–water partition coefficient (Wildman–Crippen LogP) is 0.488. The van der Waals surface area contributed by atoms with Crippen LogP contribution in [0, 0.1) is 0 Å². The van der Waals surface area contributed by atoms with E-state index < -0.39 is 19.9 Å². The average molecular weight is 374 g/mol. The third-order valence-corrected chi connectivity index (χ3v) is 7.07. The van der Waals surface area contributed by atoms with Crippen molar-refractivity contribution in [3.05, 3.63) is 30.3 Å². The molecule has 1 aliphatic rings. The number of carbonyl (C=O) groups is 1. The molecule has 0 bridgehead atoms. The average Bonchev–Trinajstić information content (AvgIpc) is 2.86. The van der Waals surface area contributed by atoms with Gasteiger partial charge >= 0.3 is 0 Å². The van der Waals surface area contributed by atoms with Crippen LogP contribution in [0.25, 0.3) is 0 Å². The zero-order valence-corrected chi connectivity index (χ0v) is 15.4. The van der Waals surface area contributed by atoms with E-state index in [9.17, 15) is 21.6 Å². The van der Waals surface area contributed by atoms with Crippen molar-refractivity contribution in [1.82, 2.24) is 4.90 Å². The maximum Gasteiger partial charge on any atom is 0.232 e. The lowest BCUT2D eigenvalue weighted by Crippen LogP contribution is -2.40. The Hall–Kier alpha value is -1.61. The first-order valence-corrected chi connectivity index (χ1v) is 11.3. The number of sulfonamides is 1. The van der Waals surface area contributed by atoms with Gasteiger partial charge in [0, 0.05) is 26.1 Å². The van der Waals surface area contributed by atoms with Crippen LogP contribution >= 0.6 is 0 Å². The van der Waals surface area contributed by atoms with Crippen molar-refractivity contribution in [2.24, 2.45) is 0 Å². The topological polar surface area (TPSA) is 91.8 Å². The molecular formula is C15H22N2O5S2. The molecule has 0 N–H and O–H groups in total. The van der Waals surface area contributed by atoms with Gasteiger partial charge in [0.15, 0.2) is 9.84 Å². The lowest BCUT2D eigenvalue weighted by atomic mass is 10.2. The Morgan fingerprint density at radius 2 is 1.88 bits per heavy atom. The smallest absolute Gasteiger partial charge is 0.232 e. The van der Waals surface area contributed by atoms with Crippen molar-refractivity contribution in [1.29, 1.82) is 0 Å². The van der Waals surface area contributed by atoms with Crippen LogP contribution in [0.4, 0.5) is 5.69 Å². The molecule has 1 fully saturated rings. The largest absolute Gasteiger partial charge is 0.342 e. The SMILES string of the molecule is CN(C(=O)CCN(c1ccccc1)S(C)(=O)=O)C1CCS(=O)(=O)C1. The van der Waals surface area contributed by atoms with E-state index in [0.29, 0.717) is 12.1 Å². The Balaban J connectivity index is 2.03. The van der Waals surface area contributed by atoms with E-state index >= 15 is 0 Å². The number of nitrogens with zero attached hydrogens (tertiary/aromatic N) is 2. The Labute approximate surface area is 143 Å². The van der Waals surface area contributed by atoms with Gasteiger partial charge in [-0.1, -0.05) is 18.2 Å². The molecule has 1 atom stereocenters. The Morgan fingerprint density at radius 1 is 1.25 bits per heavy atom. The molecule has 1 aromatic rings. The molecule has 0 aliphatic carbocycles. The van der Waals surface area contributed by atoms with Crippen molar-refractivity contribution in [2.75, 3.05) is 35.7 Å². The summed E-state index contributed by atoms with van der Waals surface area (Å²) in [6, 6.07) is 8.24. The highest BCUT2D eigenvalue weighted by Gasteiger charge is 2.32. The van der Waals surface area contributed by atoms with Crippen LogP contribution in [0.3, 0.4) is 0 Å². The number of benzene rings is 1. The zero-order valence-electron chi connectivity index (χ0n) is 13.8. The number of anilines is 1. The molecule has 134 valence electrons. The van der Waals surface area contributed by atoms with Gasteiger partial charge in [-0.2, -0.15) is 0 Å². The van der Waals surface area contributed by atoms with Gasteiger partial charge in [-0.25, -0.2) is 16.8 Å². The van der Waals surface area contributed by atoms with Gasteiger partial charge in [0.2, 0.25) is 15.9 Å².